The van der Waals surface area contributed by atoms with Crippen LogP contribution in [0, 0.1) is 6.92 Å². The molecular formula is C17H18N2O3S. The Labute approximate surface area is 135 Å². The molecule has 0 atom stereocenters. The molecule has 1 heterocycles. The Kier molecular flexibility index (Phi) is 4.09. The number of anilines is 1. The van der Waals surface area contributed by atoms with Crippen LogP contribution in [0.1, 0.15) is 18.2 Å². The van der Waals surface area contributed by atoms with Crippen LogP contribution in [0.5, 0.6) is 0 Å². The molecule has 0 amide bonds. The summed E-state index contributed by atoms with van der Waals surface area (Å²) in [6.07, 6.45) is 0. The van der Waals surface area contributed by atoms with E-state index in [1.807, 2.05) is 56.3 Å². The van der Waals surface area contributed by atoms with E-state index in [9.17, 15) is 8.42 Å². The van der Waals surface area contributed by atoms with Crippen molar-refractivity contribution in [1.82, 2.24) is 5.16 Å². The van der Waals surface area contributed by atoms with Crippen LogP contribution >= 0.6 is 0 Å². The highest BCUT2D eigenvalue weighted by Gasteiger charge is 2.25. The van der Waals surface area contributed by atoms with Crippen molar-refractivity contribution in [3.05, 3.63) is 59.8 Å². The lowest BCUT2D eigenvalue weighted by Crippen LogP contribution is -2.32. The minimum Gasteiger partial charge on any atom is -0.356 e. The Morgan fingerprint density at radius 1 is 1.09 bits per heavy atom. The second-order valence-corrected chi connectivity index (χ2v) is 7.23. The molecule has 0 radical (unpaired) electrons. The molecular weight excluding hydrogens is 312 g/mol. The molecule has 6 heteroatoms. The van der Waals surface area contributed by atoms with E-state index in [1.165, 1.54) is 4.31 Å². The van der Waals surface area contributed by atoms with E-state index in [0.717, 1.165) is 10.9 Å². The molecule has 0 saturated heterocycles. The number of aryl methyl sites for hydroxylation is 1. The summed E-state index contributed by atoms with van der Waals surface area (Å²) in [7, 11) is -3.55. The van der Waals surface area contributed by atoms with Gasteiger partial charge in [0.2, 0.25) is 10.0 Å². The average Bonchev–Trinajstić information content (AvgIpc) is 2.92. The molecule has 0 spiro atoms. The Balaban J connectivity index is 1.99. The lowest BCUT2D eigenvalue weighted by molar-refractivity contribution is 0.448. The molecule has 2 aromatic carbocycles. The fraction of sp³-hybridized carbons (Fsp3) is 0.235. The molecule has 1 aromatic heterocycles. The van der Waals surface area contributed by atoms with Crippen molar-refractivity contribution in [2.24, 2.45) is 0 Å². The molecule has 120 valence electrons. The second kappa shape index (κ2) is 6.04. The first kappa shape index (κ1) is 15.6. The van der Waals surface area contributed by atoms with Gasteiger partial charge in [-0.25, -0.2) is 8.42 Å². The molecule has 23 heavy (non-hydrogen) atoms. The zero-order chi connectivity index (χ0) is 16.4. The highest BCUT2D eigenvalue weighted by molar-refractivity contribution is 7.92. The largest absolute Gasteiger partial charge is 0.356 e. The number of para-hydroxylation sites is 2. The number of rotatable bonds is 5. The summed E-state index contributed by atoms with van der Waals surface area (Å²) in [4.78, 5) is 0. The van der Waals surface area contributed by atoms with Gasteiger partial charge in [0.05, 0.1) is 5.69 Å². The van der Waals surface area contributed by atoms with Gasteiger partial charge in [0.1, 0.15) is 11.4 Å². The summed E-state index contributed by atoms with van der Waals surface area (Å²) in [6, 6.07) is 14.7. The number of benzene rings is 2. The predicted octanol–water partition coefficient (Wildman–Crippen LogP) is 3.49. The van der Waals surface area contributed by atoms with Gasteiger partial charge in [-0.05, 0) is 37.6 Å². The number of fused-ring (bicyclic) bond motifs is 1. The zero-order valence-electron chi connectivity index (χ0n) is 13.1. The van der Waals surface area contributed by atoms with E-state index in [2.05, 4.69) is 5.16 Å². The van der Waals surface area contributed by atoms with Gasteiger partial charge in [0, 0.05) is 11.9 Å². The molecule has 0 fully saturated rings. The summed E-state index contributed by atoms with van der Waals surface area (Å²) < 4.78 is 32.4. The first-order valence-corrected chi connectivity index (χ1v) is 9.03. The number of hydrogen-bond donors (Lipinski definition) is 0. The van der Waals surface area contributed by atoms with Crippen molar-refractivity contribution in [2.45, 2.75) is 19.6 Å². The Morgan fingerprint density at radius 3 is 2.52 bits per heavy atom. The second-order valence-electron chi connectivity index (χ2n) is 5.33. The molecule has 0 unspecified atom stereocenters. The van der Waals surface area contributed by atoms with E-state index in [1.54, 1.807) is 6.07 Å². The van der Waals surface area contributed by atoms with Crippen LogP contribution in [0.4, 0.5) is 5.69 Å². The van der Waals surface area contributed by atoms with Crippen molar-refractivity contribution in [1.29, 1.82) is 0 Å². The molecule has 0 aliphatic heterocycles. The normalized spacial score (nSPS) is 11.7. The summed E-state index contributed by atoms with van der Waals surface area (Å²) in [5.41, 5.74) is 2.65. The Bertz CT molecular complexity index is 932. The van der Waals surface area contributed by atoms with Crippen molar-refractivity contribution in [3.8, 4) is 0 Å². The van der Waals surface area contributed by atoms with Gasteiger partial charge >= 0.3 is 0 Å². The molecule has 3 rings (SSSR count). The van der Waals surface area contributed by atoms with Gasteiger partial charge in [-0.3, -0.25) is 4.31 Å². The van der Waals surface area contributed by atoms with E-state index in [0.29, 0.717) is 23.5 Å². The third-order valence-corrected chi connectivity index (χ3v) is 5.54. The SMILES string of the molecule is CCN(c1ccccc1C)S(=O)(=O)Cc1noc2ccccc12. The third kappa shape index (κ3) is 2.94. The fourth-order valence-corrected chi connectivity index (χ4v) is 4.26. The van der Waals surface area contributed by atoms with E-state index < -0.39 is 10.0 Å². The van der Waals surface area contributed by atoms with Crippen LogP contribution in [-0.2, 0) is 15.8 Å². The minimum absolute atomic E-state index is 0.188. The lowest BCUT2D eigenvalue weighted by Gasteiger charge is -2.24. The first-order chi connectivity index (χ1) is 11.0. The number of sulfonamides is 1. The van der Waals surface area contributed by atoms with Crippen LogP contribution in [0.15, 0.2) is 53.1 Å². The predicted molar refractivity (Wildman–Crippen MR) is 90.8 cm³/mol. The standard InChI is InChI=1S/C17H18N2O3S/c1-3-19(16-10-6-4-8-13(16)2)23(20,21)12-15-14-9-5-7-11-17(14)22-18-15/h4-11H,3,12H2,1-2H3. The monoisotopic (exact) mass is 330 g/mol. The zero-order valence-corrected chi connectivity index (χ0v) is 13.9. The van der Waals surface area contributed by atoms with Gasteiger partial charge in [-0.1, -0.05) is 35.5 Å². The van der Waals surface area contributed by atoms with E-state index in [4.69, 9.17) is 4.52 Å². The van der Waals surface area contributed by atoms with Crippen LogP contribution < -0.4 is 4.31 Å². The van der Waals surface area contributed by atoms with Crippen LogP contribution in [0.25, 0.3) is 11.0 Å². The topological polar surface area (TPSA) is 63.4 Å². The summed E-state index contributed by atoms with van der Waals surface area (Å²) in [5, 5.41) is 4.67. The van der Waals surface area contributed by atoms with Gasteiger partial charge in [0.15, 0.2) is 5.58 Å². The molecule has 5 nitrogen and oxygen atoms in total. The molecule has 3 aromatic rings. The first-order valence-electron chi connectivity index (χ1n) is 7.42. The number of nitrogens with zero attached hydrogens (tertiary/aromatic N) is 2. The quantitative estimate of drug-likeness (QED) is 0.718. The maximum absolute atomic E-state index is 12.9. The molecule has 0 N–H and O–H groups in total. The molecule has 0 saturated carbocycles. The maximum atomic E-state index is 12.9. The minimum atomic E-state index is -3.55. The summed E-state index contributed by atoms with van der Waals surface area (Å²) in [5.74, 6) is -0.188. The van der Waals surface area contributed by atoms with Crippen LogP contribution in [-0.4, -0.2) is 20.1 Å². The Morgan fingerprint density at radius 2 is 1.78 bits per heavy atom. The Hall–Kier alpha value is -2.34. The molecule has 0 aliphatic carbocycles. The number of hydrogen-bond acceptors (Lipinski definition) is 4. The van der Waals surface area contributed by atoms with E-state index >= 15 is 0 Å². The van der Waals surface area contributed by atoms with Crippen LogP contribution in [0.3, 0.4) is 0 Å². The highest BCUT2D eigenvalue weighted by atomic mass is 32.2. The summed E-state index contributed by atoms with van der Waals surface area (Å²) >= 11 is 0. The fourth-order valence-electron chi connectivity index (χ4n) is 2.65. The van der Waals surface area contributed by atoms with Crippen molar-refractivity contribution in [2.75, 3.05) is 10.8 Å². The van der Waals surface area contributed by atoms with Gasteiger partial charge in [-0.2, -0.15) is 0 Å². The average molecular weight is 330 g/mol. The van der Waals surface area contributed by atoms with E-state index in [-0.39, 0.29) is 5.75 Å². The molecule has 0 aliphatic rings. The van der Waals surface area contributed by atoms with Crippen LogP contribution in [0.2, 0.25) is 0 Å². The summed E-state index contributed by atoms with van der Waals surface area (Å²) in [6.45, 7) is 4.09. The highest BCUT2D eigenvalue weighted by Crippen LogP contribution is 2.26. The maximum Gasteiger partial charge on any atom is 0.241 e. The third-order valence-electron chi connectivity index (χ3n) is 3.78. The van der Waals surface area contributed by atoms with Gasteiger partial charge < -0.3 is 4.52 Å². The lowest BCUT2D eigenvalue weighted by atomic mass is 10.2. The van der Waals surface area contributed by atoms with Gasteiger partial charge in [-0.15, -0.1) is 0 Å². The van der Waals surface area contributed by atoms with Crippen molar-refractivity contribution >= 4 is 26.7 Å². The van der Waals surface area contributed by atoms with Crippen molar-refractivity contribution < 1.29 is 12.9 Å². The van der Waals surface area contributed by atoms with Crippen molar-refractivity contribution in [3.63, 3.8) is 0 Å². The number of aromatic nitrogens is 1. The smallest absolute Gasteiger partial charge is 0.241 e. The van der Waals surface area contributed by atoms with Gasteiger partial charge in [0.25, 0.3) is 0 Å². The molecule has 0 bridgehead atoms.